The summed E-state index contributed by atoms with van der Waals surface area (Å²) in [6.45, 7) is 3.85. The van der Waals surface area contributed by atoms with Gasteiger partial charge in [-0.15, -0.1) is 11.3 Å². The number of hydrogen-bond acceptors (Lipinski definition) is 8. The van der Waals surface area contributed by atoms with E-state index in [0.717, 1.165) is 65.1 Å². The van der Waals surface area contributed by atoms with Crippen LogP contribution in [-0.4, -0.2) is 78.3 Å². The van der Waals surface area contributed by atoms with Crippen LogP contribution in [0.25, 0.3) is 21.8 Å². The van der Waals surface area contributed by atoms with Crippen molar-refractivity contribution in [3.05, 3.63) is 83.7 Å². The molecule has 10 nitrogen and oxygen atoms in total. The van der Waals surface area contributed by atoms with Crippen LogP contribution in [0.15, 0.2) is 78.2 Å². The first-order valence-electron chi connectivity index (χ1n) is 12.8. The molecule has 11 heteroatoms. The van der Waals surface area contributed by atoms with Crippen molar-refractivity contribution in [3.8, 4) is 27.6 Å². The molecule has 0 bridgehead atoms. The van der Waals surface area contributed by atoms with Crippen LogP contribution in [0, 0.1) is 0 Å². The number of aliphatic carboxylic acids is 2. The first kappa shape index (κ1) is 29.2. The van der Waals surface area contributed by atoms with Crippen LogP contribution >= 0.6 is 11.3 Å². The van der Waals surface area contributed by atoms with Gasteiger partial charge >= 0.3 is 11.9 Å². The molecule has 41 heavy (non-hydrogen) atoms. The fourth-order valence-electron chi connectivity index (χ4n) is 4.18. The second kappa shape index (κ2) is 13.6. The van der Waals surface area contributed by atoms with Gasteiger partial charge in [-0.05, 0) is 37.4 Å². The van der Waals surface area contributed by atoms with Gasteiger partial charge in [-0.1, -0.05) is 42.5 Å². The Labute approximate surface area is 241 Å². The maximum absolute atomic E-state index is 13.0. The first-order chi connectivity index (χ1) is 19.7. The summed E-state index contributed by atoms with van der Waals surface area (Å²) >= 11 is 1.60. The van der Waals surface area contributed by atoms with Gasteiger partial charge in [0.2, 0.25) is 0 Å². The van der Waals surface area contributed by atoms with E-state index in [4.69, 9.17) is 29.5 Å². The average molecular weight is 575 g/mol. The Morgan fingerprint density at radius 3 is 2.15 bits per heavy atom. The number of nitrogens with zero attached hydrogens (tertiary/aromatic N) is 3. The third-order valence-corrected chi connectivity index (χ3v) is 7.32. The van der Waals surface area contributed by atoms with Crippen molar-refractivity contribution in [2.75, 3.05) is 50.6 Å². The summed E-state index contributed by atoms with van der Waals surface area (Å²) in [5.41, 5.74) is 5.42. The number of thiazole rings is 1. The van der Waals surface area contributed by atoms with E-state index in [1.807, 2.05) is 60.7 Å². The monoisotopic (exact) mass is 574 g/mol. The lowest BCUT2D eigenvalue weighted by molar-refractivity contribution is -0.159. The topological polar surface area (TPSA) is 132 Å². The van der Waals surface area contributed by atoms with Gasteiger partial charge in [0, 0.05) is 53.9 Å². The number of hydrogen-bond donors (Lipinski definition) is 3. The fourth-order valence-corrected chi connectivity index (χ4v) is 5.01. The number of piperazine rings is 1. The lowest BCUT2D eigenvalue weighted by atomic mass is 10.1. The quantitative estimate of drug-likeness (QED) is 0.282. The standard InChI is InChI=1S/C28H28N4O2S.C2H2O4/c1-31-14-16-32(17-15-31)25-18-23(12-13-26(25)34-2)29-27(33)21-8-10-22(11-9-21)28-30-24(19-35-28)20-6-4-3-5-7-20;3-1(4)2(5)6/h3-13,18-19H,14-17H2,1-2H3,(H,29,33);(H,3,4)(H,5,6). The molecule has 1 aliphatic heterocycles. The number of aromatic nitrogens is 1. The van der Waals surface area contributed by atoms with E-state index >= 15 is 0 Å². The maximum Gasteiger partial charge on any atom is 0.414 e. The van der Waals surface area contributed by atoms with Crippen molar-refractivity contribution in [3.63, 3.8) is 0 Å². The molecule has 0 aliphatic carbocycles. The molecule has 1 amide bonds. The van der Waals surface area contributed by atoms with Crippen molar-refractivity contribution >= 4 is 40.6 Å². The lowest BCUT2D eigenvalue weighted by Gasteiger charge is -2.34. The molecule has 0 spiro atoms. The number of amides is 1. The number of ether oxygens (including phenoxy) is 1. The third kappa shape index (κ3) is 7.68. The van der Waals surface area contributed by atoms with E-state index in [0.29, 0.717) is 5.56 Å². The van der Waals surface area contributed by atoms with Gasteiger partial charge in [0.1, 0.15) is 10.8 Å². The van der Waals surface area contributed by atoms with Crippen LogP contribution in [-0.2, 0) is 9.59 Å². The Kier molecular flexibility index (Phi) is 9.67. The fraction of sp³-hybridized carbons (Fsp3) is 0.200. The molecule has 0 unspecified atom stereocenters. The number of carboxylic acid groups (broad SMARTS) is 2. The summed E-state index contributed by atoms with van der Waals surface area (Å²) < 4.78 is 5.58. The van der Waals surface area contributed by atoms with E-state index < -0.39 is 11.9 Å². The molecule has 4 aromatic rings. The summed E-state index contributed by atoms with van der Waals surface area (Å²) in [6.07, 6.45) is 0. The minimum Gasteiger partial charge on any atom is -0.495 e. The van der Waals surface area contributed by atoms with Crippen molar-refractivity contribution in [1.82, 2.24) is 9.88 Å². The van der Waals surface area contributed by atoms with Crippen LogP contribution in [0.4, 0.5) is 11.4 Å². The number of carboxylic acids is 2. The van der Waals surface area contributed by atoms with Crippen LogP contribution in [0.1, 0.15) is 10.4 Å². The summed E-state index contributed by atoms with van der Waals surface area (Å²) in [5.74, 6) is -2.98. The van der Waals surface area contributed by atoms with E-state index in [1.165, 1.54) is 0 Å². The number of carbonyl (C=O) groups is 3. The number of anilines is 2. The largest absolute Gasteiger partial charge is 0.495 e. The zero-order valence-electron chi connectivity index (χ0n) is 22.6. The van der Waals surface area contributed by atoms with Crippen LogP contribution < -0.4 is 15.0 Å². The minimum absolute atomic E-state index is 0.143. The van der Waals surface area contributed by atoms with E-state index in [1.54, 1.807) is 18.4 Å². The van der Waals surface area contributed by atoms with Crippen LogP contribution in [0.3, 0.4) is 0 Å². The highest BCUT2D eigenvalue weighted by molar-refractivity contribution is 7.13. The van der Waals surface area contributed by atoms with Crippen LogP contribution in [0.5, 0.6) is 5.75 Å². The molecule has 5 rings (SSSR count). The molecule has 0 atom stereocenters. The average Bonchev–Trinajstić information content (AvgIpc) is 3.49. The second-order valence-corrected chi connectivity index (χ2v) is 10.1. The molecule has 3 aromatic carbocycles. The van der Waals surface area contributed by atoms with Gasteiger partial charge < -0.3 is 30.1 Å². The van der Waals surface area contributed by atoms with Gasteiger partial charge in [0.25, 0.3) is 5.91 Å². The van der Waals surface area contributed by atoms with Gasteiger partial charge in [0.15, 0.2) is 0 Å². The third-order valence-electron chi connectivity index (χ3n) is 6.43. The SMILES string of the molecule is COc1ccc(NC(=O)c2ccc(-c3nc(-c4ccccc4)cs3)cc2)cc1N1CCN(C)CC1.O=C(O)C(=O)O. The molecule has 1 aliphatic rings. The zero-order chi connectivity index (χ0) is 29.4. The predicted molar refractivity (Wildman–Crippen MR) is 159 cm³/mol. The van der Waals surface area contributed by atoms with Crippen molar-refractivity contribution < 1.29 is 29.3 Å². The van der Waals surface area contributed by atoms with Crippen molar-refractivity contribution in [2.24, 2.45) is 0 Å². The van der Waals surface area contributed by atoms with E-state index in [2.05, 4.69) is 39.7 Å². The molecule has 0 radical (unpaired) electrons. The number of carbonyl (C=O) groups excluding carboxylic acids is 1. The van der Waals surface area contributed by atoms with E-state index in [9.17, 15) is 4.79 Å². The summed E-state index contributed by atoms with van der Waals surface area (Å²) in [6, 6.07) is 23.5. The molecular weight excluding hydrogens is 544 g/mol. The Morgan fingerprint density at radius 1 is 0.878 bits per heavy atom. The molecule has 212 valence electrons. The number of nitrogens with one attached hydrogen (secondary N) is 1. The molecule has 2 heterocycles. The highest BCUT2D eigenvalue weighted by atomic mass is 32.1. The molecule has 1 fully saturated rings. The Bertz CT molecular complexity index is 1490. The number of benzene rings is 3. The maximum atomic E-state index is 13.0. The van der Waals surface area contributed by atoms with E-state index in [-0.39, 0.29) is 5.91 Å². The normalized spacial score (nSPS) is 13.1. The van der Waals surface area contributed by atoms with Crippen molar-refractivity contribution in [2.45, 2.75) is 0 Å². The Hall–Kier alpha value is -4.74. The molecular formula is C30H30N4O6S. The van der Waals surface area contributed by atoms with Gasteiger partial charge in [-0.2, -0.15) is 0 Å². The Morgan fingerprint density at radius 2 is 1.54 bits per heavy atom. The summed E-state index contributed by atoms with van der Waals surface area (Å²) in [4.78, 5) is 40.5. The summed E-state index contributed by atoms with van der Waals surface area (Å²) in [5, 5.41) is 20.8. The number of rotatable bonds is 6. The van der Waals surface area contributed by atoms with Crippen LogP contribution in [0.2, 0.25) is 0 Å². The van der Waals surface area contributed by atoms with Crippen molar-refractivity contribution in [1.29, 1.82) is 0 Å². The predicted octanol–water partition coefficient (Wildman–Crippen LogP) is 4.65. The highest BCUT2D eigenvalue weighted by Crippen LogP contribution is 2.33. The molecule has 0 saturated carbocycles. The van der Waals surface area contributed by atoms with Gasteiger partial charge in [0.05, 0.1) is 18.5 Å². The van der Waals surface area contributed by atoms with Gasteiger partial charge in [-0.25, -0.2) is 14.6 Å². The first-order valence-corrected chi connectivity index (χ1v) is 13.6. The lowest BCUT2D eigenvalue weighted by Crippen LogP contribution is -2.44. The smallest absolute Gasteiger partial charge is 0.414 e. The minimum atomic E-state index is -1.82. The highest BCUT2D eigenvalue weighted by Gasteiger charge is 2.19. The molecule has 3 N–H and O–H groups in total. The number of methoxy groups -OCH3 is 1. The van der Waals surface area contributed by atoms with Gasteiger partial charge in [-0.3, -0.25) is 4.79 Å². The number of likely N-dealkylation sites (N-methyl/N-ethyl adjacent to an activating group) is 1. The summed E-state index contributed by atoms with van der Waals surface area (Å²) in [7, 11) is 3.81. The zero-order valence-corrected chi connectivity index (χ0v) is 23.4. The second-order valence-electron chi connectivity index (χ2n) is 9.22. The Balaban J connectivity index is 0.000000585. The molecule has 1 saturated heterocycles. The molecule has 1 aromatic heterocycles.